The number of hydrogen-bond donors (Lipinski definition) is 0. The zero-order valence-electron chi connectivity index (χ0n) is 9.90. The van der Waals surface area contributed by atoms with Gasteiger partial charge in [0.1, 0.15) is 18.2 Å². The molecule has 0 N–H and O–H groups in total. The van der Waals surface area contributed by atoms with Crippen molar-refractivity contribution in [2.75, 3.05) is 0 Å². The van der Waals surface area contributed by atoms with Crippen molar-refractivity contribution >= 4 is 0 Å². The van der Waals surface area contributed by atoms with Gasteiger partial charge in [0.25, 0.3) is 0 Å². The SMILES string of the molecule is Cc1cncc(COc2ccc(F)cc2C)c1. The fourth-order valence-electron chi connectivity index (χ4n) is 1.63. The molecule has 0 amide bonds. The Morgan fingerprint density at radius 2 is 2.00 bits per heavy atom. The maximum absolute atomic E-state index is 12.9. The number of hydrogen-bond acceptors (Lipinski definition) is 2. The zero-order valence-corrected chi connectivity index (χ0v) is 9.90. The molecule has 0 aliphatic heterocycles. The molecule has 2 aromatic rings. The number of aryl methyl sites for hydroxylation is 2. The Bertz CT molecular complexity index is 525. The second kappa shape index (κ2) is 4.95. The number of aromatic nitrogens is 1. The summed E-state index contributed by atoms with van der Waals surface area (Å²) in [6.07, 6.45) is 3.57. The number of rotatable bonds is 3. The fourth-order valence-corrected chi connectivity index (χ4v) is 1.63. The zero-order chi connectivity index (χ0) is 12.3. The van der Waals surface area contributed by atoms with Crippen molar-refractivity contribution in [3.63, 3.8) is 0 Å². The molecule has 1 aromatic heterocycles. The lowest BCUT2D eigenvalue weighted by Crippen LogP contribution is -1.98. The molecular weight excluding hydrogens is 217 g/mol. The van der Waals surface area contributed by atoms with E-state index in [2.05, 4.69) is 4.98 Å². The fraction of sp³-hybridized carbons (Fsp3) is 0.214. The van der Waals surface area contributed by atoms with Gasteiger partial charge >= 0.3 is 0 Å². The van der Waals surface area contributed by atoms with Crippen LogP contribution < -0.4 is 4.74 Å². The molecule has 0 unspecified atom stereocenters. The highest BCUT2D eigenvalue weighted by Gasteiger charge is 2.02. The van der Waals surface area contributed by atoms with Gasteiger partial charge < -0.3 is 4.74 Å². The molecule has 2 rings (SSSR count). The van der Waals surface area contributed by atoms with Crippen LogP contribution in [0.2, 0.25) is 0 Å². The van der Waals surface area contributed by atoms with Crippen molar-refractivity contribution in [2.24, 2.45) is 0 Å². The van der Waals surface area contributed by atoms with Gasteiger partial charge in [-0.15, -0.1) is 0 Å². The maximum atomic E-state index is 12.9. The molecule has 0 aliphatic rings. The summed E-state index contributed by atoms with van der Waals surface area (Å²) in [7, 11) is 0. The van der Waals surface area contributed by atoms with Crippen molar-refractivity contribution in [3.05, 3.63) is 59.2 Å². The average Bonchev–Trinajstić information content (AvgIpc) is 2.28. The standard InChI is InChI=1S/C14H14FNO/c1-10-5-12(8-16-7-10)9-17-14-4-3-13(15)6-11(14)2/h3-8H,9H2,1-2H3. The summed E-state index contributed by atoms with van der Waals surface area (Å²) in [5, 5.41) is 0. The van der Waals surface area contributed by atoms with Crippen molar-refractivity contribution in [2.45, 2.75) is 20.5 Å². The van der Waals surface area contributed by atoms with Gasteiger partial charge in [0.15, 0.2) is 0 Å². The van der Waals surface area contributed by atoms with Crippen LogP contribution in [0.1, 0.15) is 16.7 Å². The van der Waals surface area contributed by atoms with E-state index in [1.165, 1.54) is 12.1 Å². The Morgan fingerprint density at radius 3 is 2.71 bits per heavy atom. The van der Waals surface area contributed by atoms with Gasteiger partial charge in [0, 0.05) is 18.0 Å². The predicted molar refractivity (Wildman–Crippen MR) is 64.4 cm³/mol. The molecule has 17 heavy (non-hydrogen) atoms. The maximum Gasteiger partial charge on any atom is 0.123 e. The minimum atomic E-state index is -0.243. The van der Waals surface area contributed by atoms with E-state index in [0.29, 0.717) is 12.4 Å². The molecule has 0 aliphatic carbocycles. The van der Waals surface area contributed by atoms with Crippen molar-refractivity contribution in [1.82, 2.24) is 4.98 Å². The van der Waals surface area contributed by atoms with Crippen LogP contribution in [-0.4, -0.2) is 4.98 Å². The molecule has 2 nitrogen and oxygen atoms in total. The lowest BCUT2D eigenvalue weighted by atomic mass is 10.2. The van der Waals surface area contributed by atoms with Gasteiger partial charge in [-0.05, 0) is 49.2 Å². The molecule has 0 radical (unpaired) electrons. The van der Waals surface area contributed by atoms with E-state index in [0.717, 1.165) is 16.7 Å². The van der Waals surface area contributed by atoms with Crippen LogP contribution in [-0.2, 0) is 6.61 Å². The first-order valence-electron chi connectivity index (χ1n) is 5.44. The van der Waals surface area contributed by atoms with Crippen molar-refractivity contribution in [1.29, 1.82) is 0 Å². The molecule has 0 saturated heterocycles. The molecule has 0 saturated carbocycles. The van der Waals surface area contributed by atoms with Gasteiger partial charge in [-0.2, -0.15) is 0 Å². The minimum Gasteiger partial charge on any atom is -0.489 e. The summed E-state index contributed by atoms with van der Waals surface area (Å²) < 4.78 is 18.5. The minimum absolute atomic E-state index is 0.243. The number of benzene rings is 1. The van der Waals surface area contributed by atoms with Crippen LogP contribution in [0.25, 0.3) is 0 Å². The van der Waals surface area contributed by atoms with Crippen molar-refractivity contribution < 1.29 is 9.13 Å². The normalized spacial score (nSPS) is 10.3. The van der Waals surface area contributed by atoms with Gasteiger partial charge in [0.05, 0.1) is 0 Å². The first-order chi connectivity index (χ1) is 8.15. The van der Waals surface area contributed by atoms with Gasteiger partial charge in [-0.25, -0.2) is 4.39 Å². The summed E-state index contributed by atoms with van der Waals surface area (Å²) in [6, 6.07) is 6.53. The van der Waals surface area contributed by atoms with E-state index in [9.17, 15) is 4.39 Å². The monoisotopic (exact) mass is 231 g/mol. The highest BCUT2D eigenvalue weighted by atomic mass is 19.1. The molecule has 0 spiro atoms. The highest BCUT2D eigenvalue weighted by molar-refractivity contribution is 5.32. The van der Waals surface area contributed by atoms with E-state index in [-0.39, 0.29) is 5.82 Å². The van der Waals surface area contributed by atoms with Crippen LogP contribution in [0, 0.1) is 19.7 Å². The van der Waals surface area contributed by atoms with E-state index < -0.39 is 0 Å². The smallest absolute Gasteiger partial charge is 0.123 e. The third kappa shape index (κ3) is 3.03. The second-order valence-corrected chi connectivity index (χ2v) is 4.07. The third-order valence-electron chi connectivity index (χ3n) is 2.46. The predicted octanol–water partition coefficient (Wildman–Crippen LogP) is 3.42. The number of nitrogens with zero attached hydrogens (tertiary/aromatic N) is 1. The van der Waals surface area contributed by atoms with Crippen LogP contribution >= 0.6 is 0 Å². The molecule has 1 heterocycles. The molecule has 1 aromatic carbocycles. The first-order valence-corrected chi connectivity index (χ1v) is 5.44. The summed E-state index contributed by atoms with van der Waals surface area (Å²) in [6.45, 7) is 4.26. The molecule has 3 heteroatoms. The summed E-state index contributed by atoms with van der Waals surface area (Å²) >= 11 is 0. The van der Waals surface area contributed by atoms with Crippen LogP contribution in [0.15, 0.2) is 36.7 Å². The second-order valence-electron chi connectivity index (χ2n) is 4.07. The van der Waals surface area contributed by atoms with Crippen LogP contribution in [0.3, 0.4) is 0 Å². The largest absolute Gasteiger partial charge is 0.489 e. The van der Waals surface area contributed by atoms with E-state index in [4.69, 9.17) is 4.74 Å². The quantitative estimate of drug-likeness (QED) is 0.807. The number of pyridine rings is 1. The Hall–Kier alpha value is -1.90. The number of ether oxygens (including phenoxy) is 1. The lowest BCUT2D eigenvalue weighted by Gasteiger charge is -2.09. The average molecular weight is 231 g/mol. The molecule has 88 valence electrons. The van der Waals surface area contributed by atoms with Gasteiger partial charge in [-0.1, -0.05) is 0 Å². The molecular formula is C14H14FNO. The van der Waals surface area contributed by atoms with E-state index in [1.807, 2.05) is 19.9 Å². The summed E-state index contributed by atoms with van der Waals surface area (Å²) in [5.41, 5.74) is 2.90. The molecule has 0 atom stereocenters. The lowest BCUT2D eigenvalue weighted by molar-refractivity contribution is 0.303. The van der Waals surface area contributed by atoms with Crippen molar-refractivity contribution in [3.8, 4) is 5.75 Å². The topological polar surface area (TPSA) is 22.1 Å². The number of halogens is 1. The first kappa shape index (κ1) is 11.6. The van der Waals surface area contributed by atoms with Crippen LogP contribution in [0.4, 0.5) is 4.39 Å². The molecule has 0 bridgehead atoms. The van der Waals surface area contributed by atoms with Crippen LogP contribution in [0.5, 0.6) is 5.75 Å². The van der Waals surface area contributed by atoms with E-state index >= 15 is 0 Å². The summed E-state index contributed by atoms with van der Waals surface area (Å²) in [4.78, 5) is 4.09. The third-order valence-corrected chi connectivity index (χ3v) is 2.46. The van der Waals surface area contributed by atoms with Gasteiger partial charge in [-0.3, -0.25) is 4.98 Å². The Balaban J connectivity index is 2.07. The Morgan fingerprint density at radius 1 is 1.18 bits per heavy atom. The highest BCUT2D eigenvalue weighted by Crippen LogP contribution is 2.19. The summed E-state index contributed by atoms with van der Waals surface area (Å²) in [5.74, 6) is 0.458. The molecule has 0 fully saturated rings. The Labute approximate surface area is 100 Å². The Kier molecular flexibility index (Phi) is 3.38. The van der Waals surface area contributed by atoms with E-state index in [1.54, 1.807) is 18.5 Å². The van der Waals surface area contributed by atoms with Gasteiger partial charge in [0.2, 0.25) is 0 Å².